The van der Waals surface area contributed by atoms with Crippen molar-refractivity contribution in [3.8, 4) is 0 Å². The van der Waals surface area contributed by atoms with Gasteiger partial charge >= 0.3 is 10.2 Å². The lowest BCUT2D eigenvalue weighted by Crippen LogP contribution is -2.13. The molecule has 0 aromatic heterocycles. The summed E-state index contributed by atoms with van der Waals surface area (Å²) in [4.78, 5) is 11.2. The molecule has 0 unspecified atom stereocenters. The maximum absolute atomic E-state index is 13.0. The Hall–Kier alpha value is -1.43. The first-order valence-electron chi connectivity index (χ1n) is 6.78. The van der Waals surface area contributed by atoms with Gasteiger partial charge in [0.25, 0.3) is 0 Å². The van der Waals surface area contributed by atoms with Crippen molar-refractivity contribution in [1.29, 1.82) is 0 Å². The minimum absolute atomic E-state index is 0.00596. The molecule has 0 radical (unpaired) electrons. The molecule has 0 bridgehead atoms. The Morgan fingerprint density at radius 3 is 2.45 bits per heavy atom. The Balaban J connectivity index is 2.54. The SMILES string of the molecule is CCCCCCCC(=O)Nc1ccccc1S(=O)(=O)F. The van der Waals surface area contributed by atoms with Gasteiger partial charge in [0.1, 0.15) is 4.90 Å². The number of halogens is 1. The van der Waals surface area contributed by atoms with Crippen molar-refractivity contribution in [3.63, 3.8) is 0 Å². The summed E-state index contributed by atoms with van der Waals surface area (Å²) in [5, 5.41) is 2.45. The molecular formula is C14H20FNO3S. The highest BCUT2D eigenvalue weighted by Crippen LogP contribution is 2.22. The summed E-state index contributed by atoms with van der Waals surface area (Å²) in [6, 6.07) is 5.46. The van der Waals surface area contributed by atoms with Gasteiger partial charge in [0.15, 0.2) is 0 Å². The van der Waals surface area contributed by atoms with Crippen LogP contribution in [-0.4, -0.2) is 14.3 Å². The molecule has 0 saturated heterocycles. The van der Waals surface area contributed by atoms with E-state index in [1.807, 2.05) is 0 Å². The molecule has 1 aromatic rings. The molecule has 0 spiro atoms. The molecule has 20 heavy (non-hydrogen) atoms. The van der Waals surface area contributed by atoms with Crippen LogP contribution in [0, 0.1) is 0 Å². The van der Waals surface area contributed by atoms with Crippen LogP contribution in [0.5, 0.6) is 0 Å². The summed E-state index contributed by atoms with van der Waals surface area (Å²) < 4.78 is 34.9. The molecule has 112 valence electrons. The third-order valence-electron chi connectivity index (χ3n) is 2.93. The van der Waals surface area contributed by atoms with Gasteiger partial charge in [0.05, 0.1) is 5.69 Å². The monoisotopic (exact) mass is 301 g/mol. The van der Waals surface area contributed by atoms with E-state index in [-0.39, 0.29) is 11.6 Å². The smallest absolute Gasteiger partial charge is 0.325 e. The van der Waals surface area contributed by atoms with Gasteiger partial charge < -0.3 is 5.32 Å². The zero-order valence-corrected chi connectivity index (χ0v) is 12.4. The van der Waals surface area contributed by atoms with E-state index in [0.29, 0.717) is 6.42 Å². The number of rotatable bonds is 8. The van der Waals surface area contributed by atoms with Crippen molar-refractivity contribution in [1.82, 2.24) is 0 Å². The molecule has 0 atom stereocenters. The maximum atomic E-state index is 13.0. The molecule has 1 amide bonds. The highest BCUT2D eigenvalue weighted by atomic mass is 32.3. The zero-order chi connectivity index (χ0) is 15.0. The topological polar surface area (TPSA) is 63.2 Å². The minimum Gasteiger partial charge on any atom is -0.325 e. The van der Waals surface area contributed by atoms with Gasteiger partial charge in [-0.3, -0.25) is 4.79 Å². The molecule has 1 aromatic carbocycles. The van der Waals surface area contributed by atoms with Crippen LogP contribution in [0.1, 0.15) is 45.4 Å². The number of amides is 1. The van der Waals surface area contributed by atoms with E-state index in [4.69, 9.17) is 0 Å². The largest absolute Gasteiger partial charge is 0.334 e. The Kier molecular flexibility index (Phi) is 6.64. The maximum Gasteiger partial charge on any atom is 0.334 e. The minimum atomic E-state index is -4.83. The second kappa shape index (κ2) is 7.99. The lowest BCUT2D eigenvalue weighted by molar-refractivity contribution is -0.116. The summed E-state index contributed by atoms with van der Waals surface area (Å²) in [7, 11) is -4.83. The number of para-hydroxylation sites is 1. The summed E-state index contributed by atoms with van der Waals surface area (Å²) in [6.45, 7) is 2.11. The number of carbonyl (C=O) groups is 1. The average molecular weight is 301 g/mol. The van der Waals surface area contributed by atoms with Gasteiger partial charge in [-0.05, 0) is 18.6 Å². The van der Waals surface area contributed by atoms with E-state index in [2.05, 4.69) is 12.2 Å². The molecule has 0 heterocycles. The molecule has 0 aliphatic heterocycles. The van der Waals surface area contributed by atoms with Gasteiger partial charge in [-0.15, -0.1) is 3.89 Å². The van der Waals surface area contributed by atoms with Crippen LogP contribution in [0.2, 0.25) is 0 Å². The Morgan fingerprint density at radius 1 is 1.15 bits per heavy atom. The number of hydrogen-bond donors (Lipinski definition) is 1. The van der Waals surface area contributed by atoms with Crippen LogP contribution in [0.3, 0.4) is 0 Å². The van der Waals surface area contributed by atoms with Crippen LogP contribution in [0.4, 0.5) is 9.57 Å². The standard InChI is InChI=1S/C14H20FNO3S/c1-2-3-4-5-6-11-14(17)16-12-9-7-8-10-13(12)20(15,18)19/h7-10H,2-6,11H2,1H3,(H,16,17). The van der Waals surface area contributed by atoms with Gasteiger partial charge in [0, 0.05) is 6.42 Å². The quantitative estimate of drug-likeness (QED) is 0.589. The van der Waals surface area contributed by atoms with Crippen LogP contribution in [0.25, 0.3) is 0 Å². The van der Waals surface area contributed by atoms with E-state index in [1.165, 1.54) is 12.1 Å². The second-order valence-electron chi connectivity index (χ2n) is 4.65. The molecule has 1 rings (SSSR count). The van der Waals surface area contributed by atoms with E-state index in [0.717, 1.165) is 38.2 Å². The number of hydrogen-bond acceptors (Lipinski definition) is 3. The number of benzene rings is 1. The van der Waals surface area contributed by atoms with Crippen molar-refractivity contribution in [2.45, 2.75) is 50.3 Å². The average Bonchev–Trinajstić information content (AvgIpc) is 2.38. The van der Waals surface area contributed by atoms with Gasteiger partial charge in [-0.1, -0.05) is 44.7 Å². The summed E-state index contributed by atoms with van der Waals surface area (Å²) >= 11 is 0. The number of nitrogens with one attached hydrogen (secondary N) is 1. The highest BCUT2D eigenvalue weighted by Gasteiger charge is 2.17. The van der Waals surface area contributed by atoms with Crippen molar-refractivity contribution in [2.75, 3.05) is 5.32 Å². The summed E-state index contributed by atoms with van der Waals surface area (Å²) in [5.41, 5.74) is -0.00596. The van der Waals surface area contributed by atoms with Crippen LogP contribution in [-0.2, 0) is 15.0 Å². The molecule has 0 saturated carbocycles. The van der Waals surface area contributed by atoms with Crippen molar-refractivity contribution >= 4 is 21.8 Å². The van der Waals surface area contributed by atoms with Crippen molar-refractivity contribution in [2.24, 2.45) is 0 Å². The number of unbranched alkanes of at least 4 members (excludes halogenated alkanes) is 4. The van der Waals surface area contributed by atoms with E-state index in [1.54, 1.807) is 6.07 Å². The van der Waals surface area contributed by atoms with Gasteiger partial charge in [0.2, 0.25) is 5.91 Å². The normalized spacial score (nSPS) is 11.3. The summed E-state index contributed by atoms with van der Waals surface area (Å²) in [6.07, 6.45) is 5.38. The molecule has 0 fully saturated rings. The summed E-state index contributed by atoms with van der Waals surface area (Å²) in [5.74, 6) is -0.294. The van der Waals surface area contributed by atoms with E-state index >= 15 is 0 Å². The number of anilines is 1. The Bertz CT molecular complexity index is 543. The van der Waals surface area contributed by atoms with Crippen molar-refractivity contribution in [3.05, 3.63) is 24.3 Å². The predicted octanol–water partition coefficient (Wildman–Crippen LogP) is 3.64. The van der Waals surface area contributed by atoms with Crippen LogP contribution < -0.4 is 5.32 Å². The first kappa shape index (κ1) is 16.6. The van der Waals surface area contributed by atoms with Crippen LogP contribution in [0.15, 0.2) is 29.2 Å². The van der Waals surface area contributed by atoms with Gasteiger partial charge in [-0.2, -0.15) is 8.42 Å². The third-order valence-corrected chi connectivity index (χ3v) is 3.81. The molecular weight excluding hydrogens is 281 g/mol. The Morgan fingerprint density at radius 2 is 1.80 bits per heavy atom. The highest BCUT2D eigenvalue weighted by molar-refractivity contribution is 7.86. The Labute approximate surface area is 119 Å². The lowest BCUT2D eigenvalue weighted by atomic mass is 10.1. The van der Waals surface area contributed by atoms with Crippen molar-refractivity contribution < 1.29 is 17.1 Å². The first-order valence-corrected chi connectivity index (χ1v) is 8.17. The molecule has 6 heteroatoms. The zero-order valence-electron chi connectivity index (χ0n) is 11.6. The molecule has 1 N–H and O–H groups in total. The molecule has 0 aliphatic rings. The van der Waals surface area contributed by atoms with E-state index in [9.17, 15) is 17.1 Å². The fraction of sp³-hybridized carbons (Fsp3) is 0.500. The first-order chi connectivity index (χ1) is 9.45. The fourth-order valence-corrected chi connectivity index (χ4v) is 2.51. The van der Waals surface area contributed by atoms with Gasteiger partial charge in [-0.25, -0.2) is 0 Å². The number of carbonyl (C=O) groups excluding carboxylic acids is 1. The van der Waals surface area contributed by atoms with Crippen LogP contribution >= 0.6 is 0 Å². The second-order valence-corrected chi connectivity index (χ2v) is 5.96. The predicted molar refractivity (Wildman–Crippen MR) is 76.7 cm³/mol. The fourth-order valence-electron chi connectivity index (χ4n) is 1.88. The lowest BCUT2D eigenvalue weighted by Gasteiger charge is -2.08. The molecule has 0 aliphatic carbocycles. The molecule has 4 nitrogen and oxygen atoms in total. The third kappa shape index (κ3) is 5.69. The van der Waals surface area contributed by atoms with E-state index < -0.39 is 15.1 Å².